The van der Waals surface area contributed by atoms with E-state index < -0.39 is 145 Å². The van der Waals surface area contributed by atoms with Crippen LogP contribution in [0.3, 0.4) is 0 Å². The summed E-state index contributed by atoms with van der Waals surface area (Å²) in [5.41, 5.74) is -3.35. The summed E-state index contributed by atoms with van der Waals surface area (Å²) >= 11 is 0. The summed E-state index contributed by atoms with van der Waals surface area (Å²) in [6.07, 6.45) is -16.6. The summed E-state index contributed by atoms with van der Waals surface area (Å²) < 4.78 is 35.3. The zero-order valence-corrected chi connectivity index (χ0v) is 39.7. The van der Waals surface area contributed by atoms with E-state index in [1.165, 1.54) is 0 Å². The molecule has 0 unspecified atom stereocenters. The third-order valence-corrected chi connectivity index (χ3v) is 19.4. The highest BCUT2D eigenvalue weighted by Crippen LogP contribution is 2.76. The molecular weight excluding hydrogens is 881 g/mol. The Labute approximate surface area is 391 Å². The van der Waals surface area contributed by atoms with Crippen molar-refractivity contribution in [2.45, 2.75) is 204 Å². The number of esters is 1. The first-order chi connectivity index (χ1) is 31.3. The first kappa shape index (κ1) is 51.4. The van der Waals surface area contributed by atoms with Gasteiger partial charge >= 0.3 is 11.9 Å². The maximum Gasteiger partial charge on any atom is 0.315 e. The minimum absolute atomic E-state index is 0.0658. The second-order valence-electron chi connectivity index (χ2n) is 22.8. The van der Waals surface area contributed by atoms with Crippen molar-refractivity contribution in [2.24, 2.45) is 56.7 Å². The SMILES string of the molecule is C[C@@H]1[C@H](C)CC[C@]2(C(=O)O[C@H]3O[C@@H](CO[C@@H]4O[C@H](CO)[C@@H](O)[C@@H](O)[C@@H]4O)[C@H](O)[C@@H](O)[C@H]3O)CC[C@]3(C(=O)O)C(=CC[C@@H]4[C@@]5(C)CC[C@H](O[C@@H]6O[C@H](C)[C@@H](O)[C@H](O)[C@@H]6O)C(C)(C)[C@@H]5CC[C@]43C)[C@H]12. The van der Waals surface area contributed by atoms with Crippen LogP contribution in [0.15, 0.2) is 11.6 Å². The summed E-state index contributed by atoms with van der Waals surface area (Å²) in [5, 5.41) is 117. The van der Waals surface area contributed by atoms with Gasteiger partial charge in [-0.05, 0) is 111 Å². The smallest absolute Gasteiger partial charge is 0.315 e. The van der Waals surface area contributed by atoms with Crippen LogP contribution in [0.1, 0.15) is 106 Å². The molecule has 0 radical (unpaired) electrons. The average Bonchev–Trinajstić information content (AvgIpc) is 3.28. The van der Waals surface area contributed by atoms with Crippen LogP contribution < -0.4 is 0 Å². The lowest BCUT2D eigenvalue weighted by Gasteiger charge is -2.70. The highest BCUT2D eigenvalue weighted by Gasteiger charge is 2.74. The maximum absolute atomic E-state index is 15.0. The minimum atomic E-state index is -1.89. The van der Waals surface area contributed by atoms with Gasteiger partial charge in [-0.1, -0.05) is 53.2 Å². The van der Waals surface area contributed by atoms with Gasteiger partial charge < -0.3 is 84.6 Å². The third-order valence-electron chi connectivity index (χ3n) is 19.4. The first-order valence-corrected chi connectivity index (χ1v) is 24.5. The maximum atomic E-state index is 15.0. The van der Waals surface area contributed by atoms with Crippen LogP contribution in [0.25, 0.3) is 0 Å². The number of hydrogen-bond donors (Lipinski definition) is 11. The van der Waals surface area contributed by atoms with Crippen molar-refractivity contribution in [3.05, 3.63) is 11.6 Å². The fourth-order valence-corrected chi connectivity index (χ4v) is 15.3. The number of fused-ring (bicyclic) bond motifs is 7. The lowest BCUT2D eigenvalue weighted by atomic mass is 9.33. The van der Waals surface area contributed by atoms with Crippen LogP contribution in [-0.4, -0.2) is 180 Å². The number of carboxylic acids is 1. The molecule has 67 heavy (non-hydrogen) atoms. The van der Waals surface area contributed by atoms with Crippen molar-refractivity contribution in [1.29, 1.82) is 0 Å². The van der Waals surface area contributed by atoms with Crippen molar-refractivity contribution < 1.29 is 94.2 Å². The lowest BCUT2D eigenvalue weighted by Crippen LogP contribution is -2.68. The van der Waals surface area contributed by atoms with E-state index in [0.717, 1.165) is 5.57 Å². The van der Waals surface area contributed by atoms with Gasteiger partial charge in [0.25, 0.3) is 0 Å². The molecule has 382 valence electrons. The molecule has 0 aromatic carbocycles. The predicted octanol–water partition coefficient (Wildman–Crippen LogP) is 0.0887. The van der Waals surface area contributed by atoms with E-state index in [-0.39, 0.29) is 48.0 Å². The van der Waals surface area contributed by atoms with Gasteiger partial charge in [0.1, 0.15) is 67.1 Å². The average molecular weight is 957 g/mol. The number of allylic oxidation sites excluding steroid dienone is 1. The number of carboxylic acid groups (broad SMARTS) is 1. The summed E-state index contributed by atoms with van der Waals surface area (Å²) in [4.78, 5) is 29.4. The summed E-state index contributed by atoms with van der Waals surface area (Å²) in [6, 6.07) is 0. The van der Waals surface area contributed by atoms with Crippen molar-refractivity contribution >= 4 is 11.9 Å². The summed E-state index contributed by atoms with van der Waals surface area (Å²) in [5.74, 6) is -2.23. The molecule has 3 heterocycles. The molecule has 0 aromatic heterocycles. The van der Waals surface area contributed by atoms with Crippen molar-refractivity contribution in [2.75, 3.05) is 13.2 Å². The molecule has 0 spiro atoms. The van der Waals surface area contributed by atoms with E-state index >= 15 is 4.79 Å². The Balaban J connectivity index is 1.05. The minimum Gasteiger partial charge on any atom is -0.481 e. The number of aliphatic hydroxyl groups is 10. The van der Waals surface area contributed by atoms with Crippen LogP contribution in [0.4, 0.5) is 0 Å². The number of hydrogen-bond acceptors (Lipinski definition) is 18. The highest BCUT2D eigenvalue weighted by molar-refractivity contribution is 5.85. The van der Waals surface area contributed by atoms with Gasteiger partial charge in [-0.25, -0.2) is 0 Å². The van der Waals surface area contributed by atoms with Crippen molar-refractivity contribution in [3.63, 3.8) is 0 Å². The summed E-state index contributed by atoms with van der Waals surface area (Å²) in [7, 11) is 0. The zero-order chi connectivity index (χ0) is 49.1. The topological polar surface area (TPSA) is 312 Å². The number of rotatable bonds is 9. The number of carbonyl (C=O) groups excluding carboxylic acids is 1. The first-order valence-electron chi connectivity index (χ1n) is 24.5. The molecule has 19 heteroatoms. The molecule has 7 fully saturated rings. The number of aliphatic carboxylic acids is 1. The van der Waals surface area contributed by atoms with Crippen LogP contribution in [-0.2, 0) is 38.0 Å². The normalized spacial score (nSPS) is 54.0. The Morgan fingerprint density at radius 1 is 0.672 bits per heavy atom. The van der Waals surface area contributed by atoms with Gasteiger partial charge in [-0.3, -0.25) is 9.59 Å². The van der Waals surface area contributed by atoms with Crippen molar-refractivity contribution in [1.82, 2.24) is 0 Å². The predicted molar refractivity (Wildman–Crippen MR) is 231 cm³/mol. The van der Waals surface area contributed by atoms with Crippen LogP contribution >= 0.6 is 0 Å². The summed E-state index contributed by atoms with van der Waals surface area (Å²) in [6.45, 7) is 13.2. The molecule has 0 bridgehead atoms. The molecule has 0 amide bonds. The molecule has 25 atom stereocenters. The Morgan fingerprint density at radius 2 is 1.28 bits per heavy atom. The fourth-order valence-electron chi connectivity index (χ4n) is 15.3. The quantitative estimate of drug-likeness (QED) is 0.0829. The molecule has 19 nitrogen and oxygen atoms in total. The van der Waals surface area contributed by atoms with Crippen LogP contribution in [0.5, 0.6) is 0 Å². The molecule has 4 saturated carbocycles. The number of carbonyl (C=O) groups is 2. The van der Waals surface area contributed by atoms with Crippen molar-refractivity contribution in [3.8, 4) is 0 Å². The van der Waals surface area contributed by atoms with Gasteiger partial charge in [0.2, 0.25) is 6.29 Å². The molecular formula is C48H76O19. The van der Waals surface area contributed by atoms with Gasteiger partial charge in [-0.2, -0.15) is 0 Å². The van der Waals surface area contributed by atoms with Crippen LogP contribution in [0.2, 0.25) is 0 Å². The van der Waals surface area contributed by atoms with E-state index in [1.807, 2.05) is 0 Å². The number of ether oxygens (including phenoxy) is 6. The standard InChI is InChI=1S/C48H76O19/c1-20-10-15-47(43(61)67-41-38(58)35(55)32(52)25(65-41)19-62-39-36(56)34(54)31(51)24(18-49)64-39)16-17-48(42(59)60)23(29(47)21(20)2)8-9-27-45(6)13-12-28(44(4,5)26(45)11-14-46(27,48)7)66-40-37(57)33(53)30(50)22(3)63-40/h8,20-22,24-41,49-58H,9-19H2,1-7H3,(H,59,60)/t20-,21-,22-,24-,25+,26+,27-,28+,29+,30-,31-,32+,33+,34-,35-,36+,37+,38-,39-,40+,41-,45+,46-,47+,48-/m1/s1. The molecule has 3 aliphatic heterocycles. The van der Waals surface area contributed by atoms with Crippen LogP contribution in [0, 0.1) is 56.7 Å². The number of aliphatic hydroxyl groups excluding tert-OH is 10. The van der Waals surface area contributed by atoms with E-state index in [1.54, 1.807) is 6.92 Å². The molecule has 8 rings (SSSR count). The fraction of sp³-hybridized carbons (Fsp3) is 0.917. The molecule has 8 aliphatic rings. The zero-order valence-electron chi connectivity index (χ0n) is 39.7. The second-order valence-corrected chi connectivity index (χ2v) is 22.8. The third kappa shape index (κ3) is 7.79. The second kappa shape index (κ2) is 18.3. The van der Waals surface area contributed by atoms with E-state index in [9.17, 15) is 61.0 Å². The van der Waals surface area contributed by atoms with Gasteiger partial charge in [-0.15, -0.1) is 0 Å². The molecule has 0 aromatic rings. The Hall–Kier alpha value is -1.92. The molecule has 3 saturated heterocycles. The van der Waals surface area contributed by atoms with Gasteiger partial charge in [0, 0.05) is 0 Å². The van der Waals surface area contributed by atoms with E-state index in [2.05, 4.69) is 47.6 Å². The molecule has 5 aliphatic carbocycles. The Kier molecular flexibility index (Phi) is 14.0. The highest BCUT2D eigenvalue weighted by atomic mass is 16.7. The van der Waals surface area contributed by atoms with Gasteiger partial charge in [0.05, 0.1) is 36.3 Å². The van der Waals surface area contributed by atoms with Gasteiger partial charge in [0.15, 0.2) is 12.6 Å². The lowest BCUT2D eigenvalue weighted by molar-refractivity contribution is -0.328. The Morgan fingerprint density at radius 3 is 1.94 bits per heavy atom. The van der Waals surface area contributed by atoms with E-state index in [0.29, 0.717) is 44.9 Å². The largest absolute Gasteiger partial charge is 0.481 e. The monoisotopic (exact) mass is 956 g/mol. The Bertz CT molecular complexity index is 1860. The van der Waals surface area contributed by atoms with E-state index in [4.69, 9.17) is 28.4 Å². The molecule has 11 N–H and O–H groups in total.